The third-order valence-electron chi connectivity index (χ3n) is 2.84. The van der Waals surface area contributed by atoms with Crippen LogP contribution in [0.25, 0.3) is 0 Å². The van der Waals surface area contributed by atoms with Crippen LogP contribution < -0.4 is 0 Å². The van der Waals surface area contributed by atoms with Gasteiger partial charge < -0.3 is 20.1 Å². The molecule has 1 aliphatic heterocycles. The Bertz CT molecular complexity index is 356. The van der Waals surface area contributed by atoms with Crippen LogP contribution in [0, 0.1) is 0 Å². The SMILES string of the molecule is Oc1cccc(C2(O)CCOCC2)c1O. The van der Waals surface area contributed by atoms with E-state index >= 15 is 0 Å². The summed E-state index contributed by atoms with van der Waals surface area (Å²) in [5.41, 5.74) is -0.702. The summed E-state index contributed by atoms with van der Waals surface area (Å²) in [5.74, 6) is -0.436. The van der Waals surface area contributed by atoms with Crippen molar-refractivity contribution in [2.24, 2.45) is 0 Å². The molecule has 4 nitrogen and oxygen atoms in total. The lowest BCUT2D eigenvalue weighted by Gasteiger charge is -2.32. The standard InChI is InChI=1S/C11H14O4/c12-9-3-1-2-8(10(9)13)11(14)4-6-15-7-5-11/h1-3,12-14H,4-7H2. The lowest BCUT2D eigenvalue weighted by Crippen LogP contribution is -2.33. The highest BCUT2D eigenvalue weighted by Crippen LogP contribution is 2.40. The molecule has 0 atom stereocenters. The molecule has 1 fully saturated rings. The Morgan fingerprint density at radius 1 is 1.13 bits per heavy atom. The Morgan fingerprint density at radius 3 is 2.47 bits per heavy atom. The van der Waals surface area contributed by atoms with Crippen LogP contribution in [0.2, 0.25) is 0 Å². The highest BCUT2D eigenvalue weighted by atomic mass is 16.5. The van der Waals surface area contributed by atoms with Crippen molar-refractivity contribution in [2.75, 3.05) is 13.2 Å². The molecule has 0 aromatic heterocycles. The number of ether oxygens (including phenoxy) is 1. The summed E-state index contributed by atoms with van der Waals surface area (Å²) in [5, 5.41) is 29.3. The first-order chi connectivity index (χ1) is 7.13. The van der Waals surface area contributed by atoms with Gasteiger partial charge in [-0.25, -0.2) is 0 Å². The van der Waals surface area contributed by atoms with Crippen LogP contribution in [-0.2, 0) is 10.3 Å². The lowest BCUT2D eigenvalue weighted by molar-refractivity contribution is -0.0690. The Balaban J connectivity index is 2.39. The zero-order valence-corrected chi connectivity index (χ0v) is 8.31. The van der Waals surface area contributed by atoms with Crippen LogP contribution in [0.3, 0.4) is 0 Å². The number of phenols is 2. The van der Waals surface area contributed by atoms with E-state index in [0.717, 1.165) is 0 Å². The first-order valence-electron chi connectivity index (χ1n) is 4.95. The third-order valence-corrected chi connectivity index (χ3v) is 2.84. The molecule has 0 amide bonds. The Labute approximate surface area is 87.7 Å². The van der Waals surface area contributed by atoms with Crippen molar-refractivity contribution in [1.29, 1.82) is 0 Å². The number of benzene rings is 1. The molecule has 0 bridgehead atoms. The van der Waals surface area contributed by atoms with E-state index in [1.165, 1.54) is 6.07 Å². The summed E-state index contributed by atoms with van der Waals surface area (Å²) in [6.45, 7) is 0.928. The molecular weight excluding hydrogens is 196 g/mol. The fraction of sp³-hybridized carbons (Fsp3) is 0.455. The van der Waals surface area contributed by atoms with E-state index in [-0.39, 0.29) is 11.5 Å². The molecule has 0 unspecified atom stereocenters. The van der Waals surface area contributed by atoms with Crippen LogP contribution in [0.15, 0.2) is 18.2 Å². The van der Waals surface area contributed by atoms with E-state index in [2.05, 4.69) is 0 Å². The van der Waals surface area contributed by atoms with Crippen molar-refractivity contribution in [2.45, 2.75) is 18.4 Å². The van der Waals surface area contributed by atoms with E-state index in [1.807, 2.05) is 0 Å². The molecule has 1 aromatic carbocycles. The second-order valence-electron chi connectivity index (χ2n) is 3.82. The smallest absolute Gasteiger partial charge is 0.163 e. The lowest BCUT2D eigenvalue weighted by atomic mass is 9.86. The second-order valence-corrected chi connectivity index (χ2v) is 3.82. The fourth-order valence-electron chi connectivity index (χ4n) is 1.89. The van der Waals surface area contributed by atoms with Gasteiger partial charge in [0, 0.05) is 31.6 Å². The van der Waals surface area contributed by atoms with Gasteiger partial charge in [0.1, 0.15) is 0 Å². The van der Waals surface area contributed by atoms with Crippen molar-refractivity contribution >= 4 is 0 Å². The van der Waals surface area contributed by atoms with Crippen LogP contribution in [0.4, 0.5) is 0 Å². The summed E-state index contributed by atoms with van der Waals surface area (Å²) < 4.78 is 5.15. The van der Waals surface area contributed by atoms with E-state index in [1.54, 1.807) is 12.1 Å². The number of aliphatic hydroxyl groups is 1. The molecule has 1 aliphatic rings. The van der Waals surface area contributed by atoms with Gasteiger partial charge in [0.2, 0.25) is 0 Å². The van der Waals surface area contributed by atoms with Crippen LogP contribution in [-0.4, -0.2) is 28.5 Å². The predicted molar refractivity (Wildman–Crippen MR) is 53.7 cm³/mol. The molecular formula is C11H14O4. The average Bonchev–Trinajstić information content (AvgIpc) is 2.23. The highest BCUT2D eigenvalue weighted by molar-refractivity contribution is 5.47. The summed E-state index contributed by atoms with van der Waals surface area (Å²) in [6.07, 6.45) is 0.869. The summed E-state index contributed by atoms with van der Waals surface area (Å²) in [6, 6.07) is 4.62. The average molecular weight is 210 g/mol. The van der Waals surface area contributed by atoms with E-state index in [9.17, 15) is 15.3 Å². The maximum atomic E-state index is 10.3. The third kappa shape index (κ3) is 1.78. The Morgan fingerprint density at radius 2 is 1.80 bits per heavy atom. The van der Waals surface area contributed by atoms with Crippen molar-refractivity contribution in [3.8, 4) is 11.5 Å². The largest absolute Gasteiger partial charge is 0.504 e. The fourth-order valence-corrected chi connectivity index (χ4v) is 1.89. The van der Waals surface area contributed by atoms with Crippen molar-refractivity contribution in [1.82, 2.24) is 0 Å². The first-order valence-corrected chi connectivity index (χ1v) is 4.95. The molecule has 1 saturated heterocycles. The van der Waals surface area contributed by atoms with Crippen LogP contribution in [0.1, 0.15) is 18.4 Å². The van der Waals surface area contributed by atoms with Gasteiger partial charge in [0.15, 0.2) is 11.5 Å². The van der Waals surface area contributed by atoms with E-state index in [0.29, 0.717) is 31.6 Å². The normalized spacial score (nSPS) is 20.1. The molecule has 3 N–H and O–H groups in total. The molecule has 0 radical (unpaired) electrons. The van der Waals surface area contributed by atoms with Gasteiger partial charge in [-0.1, -0.05) is 12.1 Å². The van der Waals surface area contributed by atoms with Crippen LogP contribution in [0.5, 0.6) is 11.5 Å². The van der Waals surface area contributed by atoms with E-state index in [4.69, 9.17) is 4.74 Å². The minimum absolute atomic E-state index is 0.201. The molecule has 0 spiro atoms. The minimum Gasteiger partial charge on any atom is -0.504 e. The number of hydrogen-bond donors (Lipinski definition) is 3. The van der Waals surface area contributed by atoms with Crippen molar-refractivity contribution < 1.29 is 20.1 Å². The number of aromatic hydroxyl groups is 2. The molecule has 1 heterocycles. The Hall–Kier alpha value is -1.26. The van der Waals surface area contributed by atoms with Gasteiger partial charge in [0.05, 0.1) is 5.60 Å². The van der Waals surface area contributed by atoms with Crippen molar-refractivity contribution in [3.05, 3.63) is 23.8 Å². The number of phenolic OH excluding ortho intramolecular Hbond substituents is 2. The monoisotopic (exact) mass is 210 g/mol. The van der Waals surface area contributed by atoms with Gasteiger partial charge in [-0.05, 0) is 6.07 Å². The topological polar surface area (TPSA) is 69.9 Å². The Kier molecular flexibility index (Phi) is 2.54. The molecule has 2 rings (SSSR count). The predicted octanol–water partition coefficient (Wildman–Crippen LogP) is 1.10. The number of rotatable bonds is 1. The molecule has 0 saturated carbocycles. The summed E-state index contributed by atoms with van der Waals surface area (Å²) in [4.78, 5) is 0. The van der Waals surface area contributed by atoms with Crippen LogP contribution >= 0.6 is 0 Å². The zero-order valence-electron chi connectivity index (χ0n) is 8.31. The maximum Gasteiger partial charge on any atom is 0.163 e. The zero-order chi connectivity index (χ0) is 10.9. The van der Waals surface area contributed by atoms with Gasteiger partial charge in [0.25, 0.3) is 0 Å². The molecule has 4 heteroatoms. The van der Waals surface area contributed by atoms with Gasteiger partial charge in [-0.3, -0.25) is 0 Å². The molecule has 0 aliphatic carbocycles. The molecule has 15 heavy (non-hydrogen) atoms. The molecule has 82 valence electrons. The second kappa shape index (κ2) is 3.72. The van der Waals surface area contributed by atoms with Gasteiger partial charge in [-0.2, -0.15) is 0 Å². The summed E-state index contributed by atoms with van der Waals surface area (Å²) >= 11 is 0. The first kappa shape index (κ1) is 10.3. The summed E-state index contributed by atoms with van der Waals surface area (Å²) in [7, 11) is 0. The van der Waals surface area contributed by atoms with Gasteiger partial charge in [-0.15, -0.1) is 0 Å². The highest BCUT2D eigenvalue weighted by Gasteiger charge is 2.34. The maximum absolute atomic E-state index is 10.3. The quantitative estimate of drug-likeness (QED) is 0.607. The number of hydrogen-bond acceptors (Lipinski definition) is 4. The van der Waals surface area contributed by atoms with Gasteiger partial charge >= 0.3 is 0 Å². The van der Waals surface area contributed by atoms with E-state index < -0.39 is 5.60 Å². The molecule has 1 aromatic rings. The van der Waals surface area contributed by atoms with Crippen molar-refractivity contribution in [3.63, 3.8) is 0 Å². The minimum atomic E-state index is -1.08. The number of para-hydroxylation sites is 1.